The number of halogens is 1. The molecule has 0 saturated carbocycles. The standard InChI is InChI=1S/C21H23ClN4O2/c1-2-27-19-8-6-16(7-9-19)21-23-20(28-24-21)15-25-10-12-26(13-11-25)18-5-3-4-17(22)14-18/h3-9,14H,2,10-13,15H2,1H3. The molecule has 1 aliphatic heterocycles. The highest BCUT2D eigenvalue weighted by molar-refractivity contribution is 6.30. The van der Waals surface area contributed by atoms with Gasteiger partial charge in [-0.1, -0.05) is 22.8 Å². The molecule has 1 aliphatic rings. The highest BCUT2D eigenvalue weighted by atomic mass is 35.5. The fourth-order valence-corrected chi connectivity index (χ4v) is 3.52. The molecule has 4 rings (SSSR count). The predicted molar refractivity (Wildman–Crippen MR) is 110 cm³/mol. The van der Waals surface area contributed by atoms with Gasteiger partial charge in [-0.2, -0.15) is 4.98 Å². The molecule has 0 amide bonds. The minimum absolute atomic E-state index is 0.607. The van der Waals surface area contributed by atoms with Gasteiger partial charge < -0.3 is 14.2 Å². The summed E-state index contributed by atoms with van der Waals surface area (Å²) in [5, 5.41) is 4.89. The van der Waals surface area contributed by atoms with E-state index in [0.717, 1.165) is 42.5 Å². The lowest BCUT2D eigenvalue weighted by Crippen LogP contribution is -2.46. The minimum atomic E-state index is 0.607. The van der Waals surface area contributed by atoms with Crippen molar-refractivity contribution < 1.29 is 9.26 Å². The van der Waals surface area contributed by atoms with E-state index in [1.807, 2.05) is 49.4 Å². The summed E-state index contributed by atoms with van der Waals surface area (Å²) >= 11 is 6.11. The van der Waals surface area contributed by atoms with Gasteiger partial charge in [0.05, 0.1) is 13.2 Å². The Bertz CT molecular complexity index is 905. The first-order valence-electron chi connectivity index (χ1n) is 9.50. The van der Waals surface area contributed by atoms with E-state index < -0.39 is 0 Å². The van der Waals surface area contributed by atoms with Crippen LogP contribution >= 0.6 is 11.6 Å². The Morgan fingerprint density at radius 1 is 1.07 bits per heavy atom. The lowest BCUT2D eigenvalue weighted by atomic mass is 10.2. The Hall–Kier alpha value is -2.57. The van der Waals surface area contributed by atoms with Crippen LogP contribution in [0.3, 0.4) is 0 Å². The molecule has 0 atom stereocenters. The number of rotatable bonds is 6. The van der Waals surface area contributed by atoms with Crippen molar-refractivity contribution in [1.29, 1.82) is 0 Å². The van der Waals surface area contributed by atoms with Gasteiger partial charge >= 0.3 is 0 Å². The Balaban J connectivity index is 1.33. The zero-order valence-electron chi connectivity index (χ0n) is 15.8. The molecule has 0 radical (unpaired) electrons. The molecular formula is C21H23ClN4O2. The van der Waals surface area contributed by atoms with Crippen LogP contribution in [-0.4, -0.2) is 47.8 Å². The minimum Gasteiger partial charge on any atom is -0.494 e. The molecule has 6 nitrogen and oxygen atoms in total. The molecule has 3 aromatic rings. The molecule has 0 unspecified atom stereocenters. The molecule has 28 heavy (non-hydrogen) atoms. The summed E-state index contributed by atoms with van der Waals surface area (Å²) in [5.41, 5.74) is 2.09. The smallest absolute Gasteiger partial charge is 0.241 e. The third-order valence-electron chi connectivity index (χ3n) is 4.80. The molecule has 0 bridgehead atoms. The lowest BCUT2D eigenvalue weighted by Gasteiger charge is -2.35. The van der Waals surface area contributed by atoms with Crippen LogP contribution in [0, 0.1) is 0 Å². The molecular weight excluding hydrogens is 376 g/mol. The van der Waals surface area contributed by atoms with Gasteiger partial charge in [-0.3, -0.25) is 4.90 Å². The van der Waals surface area contributed by atoms with Crippen molar-refractivity contribution in [2.75, 3.05) is 37.7 Å². The molecule has 1 saturated heterocycles. The van der Waals surface area contributed by atoms with Crippen molar-refractivity contribution in [2.24, 2.45) is 0 Å². The van der Waals surface area contributed by atoms with Gasteiger partial charge in [0.2, 0.25) is 11.7 Å². The van der Waals surface area contributed by atoms with Crippen molar-refractivity contribution in [3.63, 3.8) is 0 Å². The maximum atomic E-state index is 6.11. The average molecular weight is 399 g/mol. The first-order chi connectivity index (χ1) is 13.7. The number of ether oxygens (including phenoxy) is 1. The van der Waals surface area contributed by atoms with Crippen molar-refractivity contribution >= 4 is 17.3 Å². The molecule has 0 spiro atoms. The molecule has 2 aromatic carbocycles. The SMILES string of the molecule is CCOc1ccc(-c2noc(CN3CCN(c4cccc(Cl)c4)CC3)n2)cc1. The van der Waals surface area contributed by atoms with Crippen LogP contribution in [0.5, 0.6) is 5.75 Å². The second kappa shape index (κ2) is 8.63. The molecule has 0 aliphatic carbocycles. The van der Waals surface area contributed by atoms with Crippen LogP contribution in [0.1, 0.15) is 12.8 Å². The first kappa shape index (κ1) is 18.8. The summed E-state index contributed by atoms with van der Waals surface area (Å²) in [4.78, 5) is 9.23. The van der Waals surface area contributed by atoms with Crippen LogP contribution in [0.4, 0.5) is 5.69 Å². The zero-order valence-corrected chi connectivity index (χ0v) is 16.6. The molecule has 2 heterocycles. The van der Waals surface area contributed by atoms with E-state index in [2.05, 4.69) is 26.0 Å². The highest BCUT2D eigenvalue weighted by Gasteiger charge is 2.20. The molecule has 1 aromatic heterocycles. The Kier molecular flexibility index (Phi) is 5.78. The number of aromatic nitrogens is 2. The summed E-state index contributed by atoms with van der Waals surface area (Å²) < 4.78 is 10.9. The fraction of sp³-hybridized carbons (Fsp3) is 0.333. The molecule has 0 N–H and O–H groups in total. The van der Waals surface area contributed by atoms with E-state index in [4.69, 9.17) is 20.9 Å². The van der Waals surface area contributed by atoms with Gasteiger partial charge in [0, 0.05) is 42.5 Å². The monoisotopic (exact) mass is 398 g/mol. The van der Waals surface area contributed by atoms with E-state index in [-0.39, 0.29) is 0 Å². The average Bonchev–Trinajstić information content (AvgIpc) is 3.18. The van der Waals surface area contributed by atoms with Crippen molar-refractivity contribution in [3.05, 3.63) is 59.4 Å². The summed E-state index contributed by atoms with van der Waals surface area (Å²) in [7, 11) is 0. The van der Waals surface area contributed by atoms with Crippen LogP contribution in [0.2, 0.25) is 5.02 Å². The van der Waals surface area contributed by atoms with Gasteiger partial charge in [0.15, 0.2) is 0 Å². The van der Waals surface area contributed by atoms with Crippen molar-refractivity contribution in [1.82, 2.24) is 15.0 Å². The fourth-order valence-electron chi connectivity index (χ4n) is 3.33. The van der Waals surface area contributed by atoms with Gasteiger partial charge in [-0.15, -0.1) is 0 Å². The summed E-state index contributed by atoms with van der Waals surface area (Å²) in [5.74, 6) is 2.09. The predicted octanol–water partition coefficient (Wildman–Crippen LogP) is 4.11. The van der Waals surface area contributed by atoms with Crippen LogP contribution < -0.4 is 9.64 Å². The summed E-state index contributed by atoms with van der Waals surface area (Å²) in [6, 6.07) is 15.7. The first-order valence-corrected chi connectivity index (χ1v) is 9.88. The van der Waals surface area contributed by atoms with E-state index in [9.17, 15) is 0 Å². The number of nitrogens with zero attached hydrogens (tertiary/aromatic N) is 4. The maximum Gasteiger partial charge on any atom is 0.241 e. The van der Waals surface area contributed by atoms with E-state index in [0.29, 0.717) is 24.9 Å². The largest absolute Gasteiger partial charge is 0.494 e. The van der Waals surface area contributed by atoms with Gasteiger partial charge in [-0.05, 0) is 49.4 Å². The number of piperazine rings is 1. The summed E-state index contributed by atoms with van der Waals surface area (Å²) in [6.07, 6.45) is 0. The number of hydrogen-bond acceptors (Lipinski definition) is 6. The van der Waals surface area contributed by atoms with Crippen LogP contribution in [0.15, 0.2) is 53.1 Å². The third kappa shape index (κ3) is 4.46. The van der Waals surface area contributed by atoms with Crippen molar-refractivity contribution in [3.8, 4) is 17.1 Å². The van der Waals surface area contributed by atoms with Gasteiger partial charge in [0.1, 0.15) is 5.75 Å². The lowest BCUT2D eigenvalue weighted by molar-refractivity contribution is 0.215. The zero-order chi connectivity index (χ0) is 19.3. The maximum absolute atomic E-state index is 6.11. The van der Waals surface area contributed by atoms with Gasteiger partial charge in [0.25, 0.3) is 0 Å². The molecule has 1 fully saturated rings. The third-order valence-corrected chi connectivity index (χ3v) is 5.03. The van der Waals surface area contributed by atoms with E-state index in [1.54, 1.807) is 0 Å². The second-order valence-corrected chi connectivity index (χ2v) is 7.15. The normalized spacial score (nSPS) is 15.0. The number of anilines is 1. The molecule has 7 heteroatoms. The quantitative estimate of drug-likeness (QED) is 0.622. The van der Waals surface area contributed by atoms with Crippen LogP contribution in [-0.2, 0) is 6.54 Å². The second-order valence-electron chi connectivity index (χ2n) is 6.71. The van der Waals surface area contributed by atoms with E-state index in [1.165, 1.54) is 5.69 Å². The van der Waals surface area contributed by atoms with Crippen molar-refractivity contribution in [2.45, 2.75) is 13.5 Å². The number of hydrogen-bond donors (Lipinski definition) is 0. The topological polar surface area (TPSA) is 54.6 Å². The van der Waals surface area contributed by atoms with E-state index >= 15 is 0 Å². The Labute approximate surface area is 169 Å². The highest BCUT2D eigenvalue weighted by Crippen LogP contribution is 2.22. The Morgan fingerprint density at radius 3 is 2.57 bits per heavy atom. The number of benzene rings is 2. The Morgan fingerprint density at radius 2 is 1.86 bits per heavy atom. The summed E-state index contributed by atoms with van der Waals surface area (Å²) in [6.45, 7) is 7.04. The van der Waals surface area contributed by atoms with Gasteiger partial charge in [-0.25, -0.2) is 0 Å². The molecule has 146 valence electrons. The van der Waals surface area contributed by atoms with Crippen LogP contribution in [0.25, 0.3) is 11.4 Å².